The zero-order chi connectivity index (χ0) is 16.1. The Kier molecular flexibility index (Phi) is 5.71. The molecule has 2 fully saturated rings. The van der Waals surface area contributed by atoms with Crippen molar-refractivity contribution in [3.8, 4) is 0 Å². The van der Waals surface area contributed by atoms with E-state index >= 15 is 0 Å². The fourth-order valence-corrected chi connectivity index (χ4v) is 4.01. The van der Waals surface area contributed by atoms with Gasteiger partial charge in [0.1, 0.15) is 0 Å². The summed E-state index contributed by atoms with van der Waals surface area (Å²) in [5, 5.41) is 0. The molecule has 0 bridgehead atoms. The van der Waals surface area contributed by atoms with Crippen molar-refractivity contribution < 1.29 is 4.79 Å². The van der Waals surface area contributed by atoms with E-state index in [4.69, 9.17) is 0 Å². The predicted octanol–water partition coefficient (Wildman–Crippen LogP) is 3.61. The van der Waals surface area contributed by atoms with Crippen LogP contribution in [-0.2, 0) is 11.3 Å². The summed E-state index contributed by atoms with van der Waals surface area (Å²) in [7, 11) is 0. The Bertz CT molecular complexity index is 514. The highest BCUT2D eigenvalue weighted by atomic mass is 16.2. The lowest BCUT2D eigenvalue weighted by Gasteiger charge is -2.35. The molecule has 0 spiro atoms. The summed E-state index contributed by atoms with van der Waals surface area (Å²) < 4.78 is 0. The first kappa shape index (κ1) is 16.5. The van der Waals surface area contributed by atoms with E-state index in [2.05, 4.69) is 41.0 Å². The van der Waals surface area contributed by atoms with Crippen molar-refractivity contribution in [2.45, 2.75) is 52.0 Å². The Morgan fingerprint density at radius 2 is 1.87 bits per heavy atom. The molecule has 1 aromatic carbocycles. The van der Waals surface area contributed by atoms with Crippen molar-refractivity contribution in [2.75, 3.05) is 26.2 Å². The molecule has 0 N–H and O–H groups in total. The van der Waals surface area contributed by atoms with Crippen molar-refractivity contribution in [1.82, 2.24) is 9.80 Å². The first-order valence-electron chi connectivity index (χ1n) is 9.26. The van der Waals surface area contributed by atoms with Gasteiger partial charge in [-0.1, -0.05) is 55.5 Å². The minimum atomic E-state index is 0.382. The Balaban J connectivity index is 1.40. The average Bonchev–Trinajstić information content (AvgIpc) is 3.07. The van der Waals surface area contributed by atoms with Crippen LogP contribution in [0.1, 0.15) is 49.7 Å². The van der Waals surface area contributed by atoms with Gasteiger partial charge in [-0.15, -0.1) is 0 Å². The Labute approximate surface area is 140 Å². The molecule has 0 unspecified atom stereocenters. The molecule has 0 radical (unpaired) electrons. The second-order valence-corrected chi connectivity index (χ2v) is 7.34. The van der Waals surface area contributed by atoms with E-state index < -0.39 is 0 Å². The summed E-state index contributed by atoms with van der Waals surface area (Å²) in [5.74, 6) is 1.20. The normalized spacial score (nSPS) is 20.1. The van der Waals surface area contributed by atoms with E-state index in [9.17, 15) is 4.79 Å². The van der Waals surface area contributed by atoms with Gasteiger partial charge in [-0.25, -0.2) is 0 Å². The van der Waals surface area contributed by atoms with E-state index in [0.717, 1.165) is 51.5 Å². The molecular formula is C20H30N2O. The molecule has 1 saturated carbocycles. The fourth-order valence-electron chi connectivity index (χ4n) is 4.01. The largest absolute Gasteiger partial charge is 0.340 e. The number of rotatable bonds is 5. The smallest absolute Gasteiger partial charge is 0.222 e. The number of carbonyl (C=O) groups excluding carboxylic acids is 1. The molecule has 1 aromatic rings. The van der Waals surface area contributed by atoms with Gasteiger partial charge in [0.05, 0.1) is 0 Å². The van der Waals surface area contributed by atoms with Crippen molar-refractivity contribution in [2.24, 2.45) is 5.92 Å². The van der Waals surface area contributed by atoms with Crippen LogP contribution in [0.3, 0.4) is 0 Å². The molecule has 1 amide bonds. The molecule has 1 heterocycles. The molecule has 126 valence electrons. The average molecular weight is 314 g/mol. The van der Waals surface area contributed by atoms with E-state index in [1.54, 1.807) is 0 Å². The SMILES string of the molecule is Cc1cccc(CN2CCN(C(=O)CCC3CCCC3)CC2)c1. The first-order chi connectivity index (χ1) is 11.2. The number of piperazine rings is 1. The molecule has 1 aliphatic heterocycles. The molecular weight excluding hydrogens is 284 g/mol. The first-order valence-corrected chi connectivity index (χ1v) is 9.26. The van der Waals surface area contributed by atoms with E-state index in [1.165, 1.54) is 36.8 Å². The topological polar surface area (TPSA) is 23.6 Å². The van der Waals surface area contributed by atoms with E-state index in [0.29, 0.717) is 5.91 Å². The fraction of sp³-hybridized carbons (Fsp3) is 0.650. The highest BCUT2D eigenvalue weighted by molar-refractivity contribution is 5.76. The van der Waals surface area contributed by atoms with Crippen LogP contribution in [0, 0.1) is 12.8 Å². The van der Waals surface area contributed by atoms with Crippen molar-refractivity contribution in [1.29, 1.82) is 0 Å². The number of benzene rings is 1. The zero-order valence-corrected chi connectivity index (χ0v) is 14.5. The third-order valence-electron chi connectivity index (χ3n) is 5.45. The summed E-state index contributed by atoms with van der Waals surface area (Å²) in [4.78, 5) is 16.9. The maximum Gasteiger partial charge on any atom is 0.222 e. The number of nitrogens with zero attached hydrogens (tertiary/aromatic N) is 2. The summed E-state index contributed by atoms with van der Waals surface area (Å²) in [6.07, 6.45) is 7.31. The lowest BCUT2D eigenvalue weighted by Crippen LogP contribution is -2.48. The van der Waals surface area contributed by atoms with Gasteiger partial charge in [0.2, 0.25) is 5.91 Å². The van der Waals surface area contributed by atoms with Crippen molar-refractivity contribution >= 4 is 5.91 Å². The quantitative estimate of drug-likeness (QED) is 0.829. The summed E-state index contributed by atoms with van der Waals surface area (Å²) in [6, 6.07) is 8.74. The van der Waals surface area contributed by atoms with Gasteiger partial charge in [0.15, 0.2) is 0 Å². The number of amides is 1. The Morgan fingerprint density at radius 1 is 1.13 bits per heavy atom. The molecule has 1 saturated heterocycles. The maximum atomic E-state index is 12.4. The summed E-state index contributed by atoms with van der Waals surface area (Å²) in [5.41, 5.74) is 2.70. The lowest BCUT2D eigenvalue weighted by molar-refractivity contribution is -0.133. The van der Waals surface area contributed by atoms with Gasteiger partial charge in [-0.05, 0) is 24.8 Å². The third kappa shape index (κ3) is 4.81. The molecule has 1 aliphatic carbocycles. The number of hydrogen-bond acceptors (Lipinski definition) is 2. The molecule has 3 nitrogen and oxygen atoms in total. The predicted molar refractivity (Wildman–Crippen MR) is 94.2 cm³/mol. The van der Waals surface area contributed by atoms with Crippen LogP contribution < -0.4 is 0 Å². The van der Waals surface area contributed by atoms with Crippen LogP contribution in [0.4, 0.5) is 0 Å². The molecule has 0 atom stereocenters. The van der Waals surface area contributed by atoms with Gasteiger partial charge in [-0.3, -0.25) is 9.69 Å². The summed E-state index contributed by atoms with van der Waals surface area (Å²) in [6.45, 7) is 6.95. The molecule has 3 rings (SSSR count). The van der Waals surface area contributed by atoms with Crippen LogP contribution in [-0.4, -0.2) is 41.9 Å². The zero-order valence-electron chi connectivity index (χ0n) is 14.5. The molecule has 2 aliphatic rings. The Hall–Kier alpha value is -1.35. The monoisotopic (exact) mass is 314 g/mol. The minimum Gasteiger partial charge on any atom is -0.340 e. The van der Waals surface area contributed by atoms with Crippen molar-refractivity contribution in [3.05, 3.63) is 35.4 Å². The van der Waals surface area contributed by atoms with Crippen molar-refractivity contribution in [3.63, 3.8) is 0 Å². The molecule has 3 heteroatoms. The standard InChI is InChI=1S/C20H30N2O/c1-17-5-4-8-19(15-17)16-21-11-13-22(14-12-21)20(23)10-9-18-6-2-3-7-18/h4-5,8,15,18H,2-3,6-7,9-14,16H2,1H3. The minimum absolute atomic E-state index is 0.382. The van der Waals surface area contributed by atoms with Crippen LogP contribution in [0.2, 0.25) is 0 Å². The number of carbonyl (C=O) groups is 1. The van der Waals surface area contributed by atoms with Gasteiger partial charge in [-0.2, -0.15) is 0 Å². The highest BCUT2D eigenvalue weighted by Crippen LogP contribution is 2.28. The molecule has 23 heavy (non-hydrogen) atoms. The highest BCUT2D eigenvalue weighted by Gasteiger charge is 2.22. The van der Waals surface area contributed by atoms with Crippen LogP contribution in [0.25, 0.3) is 0 Å². The second-order valence-electron chi connectivity index (χ2n) is 7.34. The lowest BCUT2D eigenvalue weighted by atomic mass is 10.0. The number of aryl methyl sites for hydroxylation is 1. The summed E-state index contributed by atoms with van der Waals surface area (Å²) >= 11 is 0. The van der Waals surface area contributed by atoms with Gasteiger partial charge in [0, 0.05) is 39.1 Å². The van der Waals surface area contributed by atoms with E-state index in [1.807, 2.05) is 0 Å². The van der Waals surface area contributed by atoms with Gasteiger partial charge in [0.25, 0.3) is 0 Å². The van der Waals surface area contributed by atoms with Gasteiger partial charge >= 0.3 is 0 Å². The van der Waals surface area contributed by atoms with E-state index in [-0.39, 0.29) is 0 Å². The third-order valence-corrected chi connectivity index (χ3v) is 5.45. The second kappa shape index (κ2) is 7.96. The molecule has 0 aromatic heterocycles. The van der Waals surface area contributed by atoms with Crippen LogP contribution in [0.15, 0.2) is 24.3 Å². The van der Waals surface area contributed by atoms with Crippen LogP contribution in [0.5, 0.6) is 0 Å². The number of hydrogen-bond donors (Lipinski definition) is 0. The Morgan fingerprint density at radius 3 is 2.57 bits per heavy atom. The maximum absolute atomic E-state index is 12.4. The van der Waals surface area contributed by atoms with Crippen LogP contribution >= 0.6 is 0 Å². The van der Waals surface area contributed by atoms with Gasteiger partial charge < -0.3 is 4.90 Å².